The Balaban J connectivity index is 3.10. The van der Waals surface area contributed by atoms with Crippen LogP contribution in [0.1, 0.15) is 5.56 Å². The fourth-order valence-corrected chi connectivity index (χ4v) is 16.5. The standard InChI is InChI=1S/C18H31N3O2Si2/c1-23-16-10-8-15(9-11-16)12-13-21(17(22)14-20-19)18(24(2,3)4)25(5,6)7/h8-11,14,18H,12-13H2,1-7H3. The summed E-state index contributed by atoms with van der Waals surface area (Å²) >= 11 is 0. The minimum absolute atomic E-state index is 0.203. The molecule has 5 nitrogen and oxygen atoms in total. The molecular weight excluding hydrogens is 346 g/mol. The summed E-state index contributed by atoms with van der Waals surface area (Å²) in [6, 6.07) is 7.93. The minimum atomic E-state index is -1.63. The Labute approximate surface area is 153 Å². The molecule has 0 saturated carbocycles. The lowest BCUT2D eigenvalue weighted by Gasteiger charge is -2.45. The predicted molar refractivity (Wildman–Crippen MR) is 109 cm³/mol. The van der Waals surface area contributed by atoms with E-state index in [9.17, 15) is 4.79 Å². The molecule has 0 heterocycles. The molecule has 0 spiro atoms. The van der Waals surface area contributed by atoms with Crippen LogP contribution in [0, 0.1) is 0 Å². The highest BCUT2D eigenvalue weighted by Gasteiger charge is 2.43. The van der Waals surface area contributed by atoms with Gasteiger partial charge in [0.15, 0.2) is 0 Å². The maximum atomic E-state index is 12.6. The number of methoxy groups -OCH3 is 1. The third kappa shape index (κ3) is 6.27. The van der Waals surface area contributed by atoms with Crippen molar-refractivity contribution >= 4 is 28.3 Å². The maximum Gasteiger partial charge on any atom is 0.344 e. The van der Waals surface area contributed by atoms with Gasteiger partial charge in [-0.1, -0.05) is 51.4 Å². The van der Waals surface area contributed by atoms with Gasteiger partial charge in [0.05, 0.1) is 23.3 Å². The third-order valence-corrected chi connectivity index (χ3v) is 13.3. The van der Waals surface area contributed by atoms with E-state index in [-0.39, 0.29) is 11.2 Å². The van der Waals surface area contributed by atoms with Crippen LogP contribution in [0.5, 0.6) is 5.75 Å². The van der Waals surface area contributed by atoms with Crippen molar-refractivity contribution in [1.29, 1.82) is 0 Å². The molecule has 1 aromatic carbocycles. The summed E-state index contributed by atoms with van der Waals surface area (Å²) in [7, 11) is -1.60. The van der Waals surface area contributed by atoms with Gasteiger partial charge in [-0.05, 0) is 24.1 Å². The van der Waals surface area contributed by atoms with E-state index in [1.807, 2.05) is 29.2 Å². The Kier molecular flexibility index (Phi) is 7.35. The predicted octanol–water partition coefficient (Wildman–Crippen LogP) is 3.49. The van der Waals surface area contributed by atoms with Gasteiger partial charge in [0.2, 0.25) is 0 Å². The molecule has 1 amide bonds. The Morgan fingerprint density at radius 1 is 1.16 bits per heavy atom. The zero-order chi connectivity index (χ0) is 19.3. The van der Waals surface area contributed by atoms with E-state index in [0.29, 0.717) is 6.54 Å². The number of rotatable bonds is 8. The van der Waals surface area contributed by atoms with Crippen molar-refractivity contribution < 1.29 is 14.3 Å². The second-order valence-corrected chi connectivity index (χ2v) is 19.6. The van der Waals surface area contributed by atoms with Crippen LogP contribution in [-0.2, 0) is 11.2 Å². The van der Waals surface area contributed by atoms with Crippen LogP contribution in [0.2, 0.25) is 39.3 Å². The van der Waals surface area contributed by atoms with Gasteiger partial charge in [0, 0.05) is 11.8 Å². The van der Waals surface area contributed by atoms with E-state index in [1.54, 1.807) is 7.11 Å². The molecule has 0 aliphatic heterocycles. The molecule has 0 radical (unpaired) electrons. The molecule has 25 heavy (non-hydrogen) atoms. The molecule has 1 aromatic rings. The van der Waals surface area contributed by atoms with Crippen LogP contribution in [0.15, 0.2) is 24.3 Å². The van der Waals surface area contributed by atoms with Crippen LogP contribution in [0.3, 0.4) is 0 Å². The van der Waals surface area contributed by atoms with Crippen LogP contribution in [0.25, 0.3) is 5.53 Å². The van der Waals surface area contributed by atoms with Crippen LogP contribution < -0.4 is 4.74 Å². The Morgan fingerprint density at radius 3 is 2.08 bits per heavy atom. The summed E-state index contributed by atoms with van der Waals surface area (Å²) in [6.07, 6.45) is 1.79. The highest BCUT2D eigenvalue weighted by Crippen LogP contribution is 2.25. The lowest BCUT2D eigenvalue weighted by molar-refractivity contribution is -0.127. The highest BCUT2D eigenvalue weighted by atomic mass is 28.4. The Morgan fingerprint density at radius 2 is 1.68 bits per heavy atom. The van der Waals surface area contributed by atoms with Crippen molar-refractivity contribution in [3.05, 3.63) is 35.4 Å². The lowest BCUT2D eigenvalue weighted by Crippen LogP contribution is -2.65. The van der Waals surface area contributed by atoms with Crippen molar-refractivity contribution in [1.82, 2.24) is 4.90 Å². The molecule has 0 aromatic heterocycles. The van der Waals surface area contributed by atoms with E-state index in [1.165, 1.54) is 0 Å². The van der Waals surface area contributed by atoms with E-state index in [2.05, 4.69) is 44.1 Å². The summed E-state index contributed by atoms with van der Waals surface area (Å²) in [5, 5.41) is 0.267. The Bertz CT molecular complexity index is 613. The first kappa shape index (κ1) is 21.3. The molecule has 0 unspecified atom stereocenters. The molecule has 0 aliphatic rings. The number of carbonyl (C=O) groups is 1. The molecular formula is C18H31N3O2Si2. The van der Waals surface area contributed by atoms with Crippen LogP contribution in [-0.4, -0.2) is 56.9 Å². The van der Waals surface area contributed by atoms with E-state index in [4.69, 9.17) is 10.3 Å². The third-order valence-electron chi connectivity index (χ3n) is 4.20. The van der Waals surface area contributed by atoms with E-state index < -0.39 is 16.1 Å². The van der Waals surface area contributed by atoms with E-state index >= 15 is 0 Å². The quantitative estimate of drug-likeness (QED) is 0.301. The molecule has 1 rings (SSSR count). The maximum absolute atomic E-state index is 12.6. The first-order valence-corrected chi connectivity index (χ1v) is 15.8. The number of hydrogen-bond acceptors (Lipinski definition) is 2. The Hall–Kier alpha value is -1.70. The molecule has 7 heteroatoms. The molecule has 0 atom stereocenters. The first-order chi connectivity index (χ1) is 11.5. The van der Waals surface area contributed by atoms with Crippen LogP contribution >= 0.6 is 0 Å². The first-order valence-electron chi connectivity index (χ1n) is 8.61. The van der Waals surface area contributed by atoms with Gasteiger partial charge in [0.1, 0.15) is 5.75 Å². The highest BCUT2D eigenvalue weighted by molar-refractivity contribution is 6.96. The second-order valence-electron chi connectivity index (χ2n) is 8.51. The summed E-state index contributed by atoms with van der Waals surface area (Å²) in [5.74, 6) is 0.622. The largest absolute Gasteiger partial charge is 0.497 e. The monoisotopic (exact) mass is 377 g/mol. The number of nitrogens with zero attached hydrogens (tertiary/aromatic N) is 3. The van der Waals surface area contributed by atoms with Crippen molar-refractivity contribution in [3.8, 4) is 5.75 Å². The second kappa shape index (κ2) is 8.60. The number of carbonyl (C=O) groups excluding carboxylic acids is 1. The number of benzene rings is 1. The summed E-state index contributed by atoms with van der Waals surface area (Å²) in [5.41, 5.74) is 10.0. The minimum Gasteiger partial charge on any atom is -0.497 e. The number of ether oxygens (including phenoxy) is 1. The SMILES string of the molecule is COc1ccc(CCN(C(=O)C=[N+]=[N-])C([Si](C)(C)C)[Si](C)(C)C)cc1. The van der Waals surface area contributed by atoms with Gasteiger partial charge in [-0.15, -0.1) is 0 Å². The zero-order valence-electron chi connectivity index (χ0n) is 16.5. The van der Waals surface area contributed by atoms with Crippen molar-refractivity contribution in [2.24, 2.45) is 0 Å². The molecule has 0 N–H and O–H groups in total. The van der Waals surface area contributed by atoms with Gasteiger partial charge >= 0.3 is 12.1 Å². The molecule has 0 aliphatic carbocycles. The summed E-state index contributed by atoms with van der Waals surface area (Å²) in [6.45, 7) is 14.5. The molecule has 0 bridgehead atoms. The number of amides is 1. The smallest absolute Gasteiger partial charge is 0.344 e. The van der Waals surface area contributed by atoms with Gasteiger partial charge in [-0.2, -0.15) is 4.79 Å². The van der Waals surface area contributed by atoms with Crippen molar-refractivity contribution in [2.45, 2.75) is 51.0 Å². The average molecular weight is 378 g/mol. The van der Waals surface area contributed by atoms with Gasteiger partial charge in [-0.25, -0.2) is 0 Å². The molecule has 0 fully saturated rings. The van der Waals surface area contributed by atoms with Gasteiger partial charge in [-0.3, -0.25) is 4.79 Å². The van der Waals surface area contributed by atoms with Gasteiger partial charge in [0.25, 0.3) is 0 Å². The summed E-state index contributed by atoms with van der Waals surface area (Å²) < 4.78 is 5.19. The molecule has 138 valence electrons. The van der Waals surface area contributed by atoms with Crippen LogP contribution in [0.4, 0.5) is 0 Å². The molecule has 0 saturated heterocycles. The zero-order valence-corrected chi connectivity index (χ0v) is 18.5. The fraction of sp³-hybridized carbons (Fsp3) is 0.556. The van der Waals surface area contributed by atoms with Crippen molar-refractivity contribution in [3.63, 3.8) is 0 Å². The normalized spacial score (nSPS) is 11.8. The topological polar surface area (TPSA) is 65.9 Å². The summed E-state index contributed by atoms with van der Waals surface area (Å²) in [4.78, 5) is 17.6. The number of hydrogen-bond donors (Lipinski definition) is 0. The van der Waals surface area contributed by atoms with E-state index in [0.717, 1.165) is 23.9 Å². The van der Waals surface area contributed by atoms with Gasteiger partial charge < -0.3 is 15.2 Å². The fourth-order valence-electron chi connectivity index (χ4n) is 3.77. The van der Waals surface area contributed by atoms with Crippen molar-refractivity contribution in [2.75, 3.05) is 13.7 Å². The average Bonchev–Trinajstić information content (AvgIpc) is 2.49. The lowest BCUT2D eigenvalue weighted by atomic mass is 10.1.